The van der Waals surface area contributed by atoms with Crippen molar-refractivity contribution in [1.29, 1.82) is 0 Å². The average Bonchev–Trinajstić information content (AvgIpc) is 4.10. The molecular weight excluding hydrogens is 853 g/mol. The number of pyridine rings is 2. The minimum Gasteiger partial charge on any atom is -0.377 e. The van der Waals surface area contributed by atoms with Crippen LogP contribution in [0, 0.1) is 51.0 Å². The van der Waals surface area contributed by atoms with Crippen LogP contribution in [0.1, 0.15) is 94.3 Å². The van der Waals surface area contributed by atoms with E-state index < -0.39 is 34.5 Å². The Balaban J connectivity index is 0.000000166. The van der Waals surface area contributed by atoms with Crippen molar-refractivity contribution in [2.45, 2.75) is 77.7 Å². The van der Waals surface area contributed by atoms with E-state index >= 15 is 0 Å². The van der Waals surface area contributed by atoms with E-state index in [1.54, 1.807) is 46.3 Å². The third-order valence-corrected chi connectivity index (χ3v) is 11.6. The summed E-state index contributed by atoms with van der Waals surface area (Å²) in [5.41, 5.74) is 3.90. The molecule has 14 nitrogen and oxygen atoms in total. The number of aryl methyl sites for hydroxylation is 6. The molecular formula is C48H44F4N12O2. The Bertz CT molecular complexity index is 2920. The van der Waals surface area contributed by atoms with Crippen LogP contribution in [0.4, 0.5) is 17.6 Å². The summed E-state index contributed by atoms with van der Waals surface area (Å²) in [4.78, 5) is 26.7. The summed E-state index contributed by atoms with van der Waals surface area (Å²) in [6.07, 6.45) is 16.2. The van der Waals surface area contributed by atoms with Crippen molar-refractivity contribution in [3.8, 4) is 11.4 Å². The van der Waals surface area contributed by atoms with Crippen LogP contribution in [-0.4, -0.2) is 68.8 Å². The van der Waals surface area contributed by atoms with Gasteiger partial charge >= 0.3 is 0 Å². The largest absolute Gasteiger partial charge is 0.377 e. The van der Waals surface area contributed by atoms with E-state index in [9.17, 15) is 27.8 Å². The zero-order valence-electron chi connectivity index (χ0n) is 36.4. The number of hydrogen-bond donors (Lipinski definition) is 2. The van der Waals surface area contributed by atoms with Crippen molar-refractivity contribution in [2.75, 3.05) is 0 Å². The van der Waals surface area contributed by atoms with E-state index in [0.717, 1.165) is 81.9 Å². The van der Waals surface area contributed by atoms with Crippen molar-refractivity contribution in [3.05, 3.63) is 178 Å². The number of aliphatic hydroxyl groups is 2. The van der Waals surface area contributed by atoms with Gasteiger partial charge in [0.15, 0.2) is 23.3 Å². The molecule has 0 spiro atoms. The highest BCUT2D eigenvalue weighted by Gasteiger charge is 2.41. The summed E-state index contributed by atoms with van der Waals surface area (Å²) < 4.78 is 62.2. The number of aromatic nitrogens is 12. The second-order valence-electron chi connectivity index (χ2n) is 16.5. The van der Waals surface area contributed by atoms with E-state index in [-0.39, 0.29) is 22.8 Å². The molecule has 0 amide bonds. The molecule has 0 radical (unpaired) electrons. The van der Waals surface area contributed by atoms with Crippen LogP contribution in [0.3, 0.4) is 0 Å². The van der Waals surface area contributed by atoms with Crippen LogP contribution < -0.4 is 0 Å². The zero-order chi connectivity index (χ0) is 46.3. The lowest BCUT2D eigenvalue weighted by Crippen LogP contribution is -2.35. The quantitative estimate of drug-likeness (QED) is 0.143. The molecule has 8 aromatic rings. The van der Waals surface area contributed by atoms with Gasteiger partial charge in [-0.2, -0.15) is 10.2 Å². The summed E-state index contributed by atoms with van der Waals surface area (Å²) in [5, 5.41) is 31.5. The zero-order valence-corrected chi connectivity index (χ0v) is 36.4. The summed E-state index contributed by atoms with van der Waals surface area (Å²) in [5.74, 6) is -1.66. The van der Waals surface area contributed by atoms with Crippen LogP contribution in [0.25, 0.3) is 35.7 Å². The van der Waals surface area contributed by atoms with Gasteiger partial charge in [0.05, 0.1) is 58.2 Å². The first-order chi connectivity index (χ1) is 31.6. The first-order valence-electron chi connectivity index (χ1n) is 21.3. The Labute approximate surface area is 376 Å². The topological polar surface area (TPSA) is 163 Å². The van der Waals surface area contributed by atoms with Crippen LogP contribution in [0.5, 0.6) is 0 Å². The fourth-order valence-corrected chi connectivity index (χ4v) is 8.41. The van der Waals surface area contributed by atoms with E-state index in [2.05, 4.69) is 40.1 Å². The standard InChI is InChI=1S/2C24H22F2N6O/c2*1-15-13-31(14-27-15)21-6-4-20(28-16(21)2)5-7-22-29-23-24(33,8-3-9-32(23)30-22)17-10-18(25)12-19(26)11-17/h2*4-7,10-14,33H,3,8-9H2,1-2H3/b2*7-5+/t2*24-/m10/s1. The summed E-state index contributed by atoms with van der Waals surface area (Å²) in [6, 6.07) is 13.8. The van der Waals surface area contributed by atoms with Crippen molar-refractivity contribution in [1.82, 2.24) is 58.6 Å². The Hall–Kier alpha value is -7.44. The molecule has 2 N–H and O–H groups in total. The molecule has 66 heavy (non-hydrogen) atoms. The van der Waals surface area contributed by atoms with Gasteiger partial charge in [0.2, 0.25) is 0 Å². The predicted molar refractivity (Wildman–Crippen MR) is 237 cm³/mol. The molecule has 0 bridgehead atoms. The van der Waals surface area contributed by atoms with Gasteiger partial charge in [0, 0.05) is 37.6 Å². The first kappa shape index (κ1) is 43.8. The predicted octanol–water partition coefficient (Wildman–Crippen LogP) is 7.91. The lowest BCUT2D eigenvalue weighted by atomic mass is 9.86. The molecule has 0 saturated heterocycles. The third-order valence-electron chi connectivity index (χ3n) is 11.6. The Morgan fingerprint density at radius 1 is 0.530 bits per heavy atom. The monoisotopic (exact) mass is 896 g/mol. The van der Waals surface area contributed by atoms with E-state index in [4.69, 9.17) is 0 Å². The first-order valence-corrected chi connectivity index (χ1v) is 21.3. The minimum atomic E-state index is -1.61. The smallest absolute Gasteiger partial charge is 0.174 e. The maximum absolute atomic E-state index is 13.8. The number of hydrogen-bond acceptors (Lipinski definition) is 10. The maximum Gasteiger partial charge on any atom is 0.174 e. The van der Waals surface area contributed by atoms with Crippen molar-refractivity contribution >= 4 is 24.3 Å². The number of imidazole rings is 2. The molecule has 0 unspecified atom stereocenters. The second kappa shape index (κ2) is 17.5. The van der Waals surface area contributed by atoms with Gasteiger partial charge in [-0.25, -0.2) is 46.9 Å². The number of nitrogens with zero attached hydrogens (tertiary/aromatic N) is 12. The van der Waals surface area contributed by atoms with Crippen molar-refractivity contribution < 1.29 is 27.8 Å². The normalized spacial score (nSPS) is 18.1. The number of halogens is 4. The van der Waals surface area contributed by atoms with Crippen LogP contribution in [0.2, 0.25) is 0 Å². The van der Waals surface area contributed by atoms with E-state index in [1.807, 2.05) is 73.5 Å². The van der Waals surface area contributed by atoms with Crippen LogP contribution >= 0.6 is 0 Å². The Morgan fingerprint density at radius 3 is 1.27 bits per heavy atom. The molecule has 2 aliphatic heterocycles. The van der Waals surface area contributed by atoms with E-state index in [0.29, 0.717) is 50.4 Å². The van der Waals surface area contributed by atoms with Gasteiger partial charge in [-0.3, -0.25) is 9.97 Å². The molecule has 6 aromatic heterocycles. The lowest BCUT2D eigenvalue weighted by molar-refractivity contribution is 0.0387. The molecule has 0 saturated carbocycles. The Kier molecular flexibility index (Phi) is 11.6. The van der Waals surface area contributed by atoms with Crippen molar-refractivity contribution in [2.24, 2.45) is 0 Å². The number of benzene rings is 2. The van der Waals surface area contributed by atoms with Gasteiger partial charge in [-0.05, 0) is 137 Å². The molecule has 0 fully saturated rings. The second-order valence-corrected chi connectivity index (χ2v) is 16.5. The molecule has 2 aliphatic rings. The molecule has 0 aliphatic carbocycles. The average molecular weight is 897 g/mol. The lowest BCUT2D eigenvalue weighted by Gasteiger charge is -2.31. The van der Waals surface area contributed by atoms with Gasteiger partial charge in [0.1, 0.15) is 34.5 Å². The van der Waals surface area contributed by atoms with Gasteiger partial charge in [-0.15, -0.1) is 0 Å². The molecule has 10 rings (SSSR count). The Morgan fingerprint density at radius 2 is 0.924 bits per heavy atom. The summed E-state index contributed by atoms with van der Waals surface area (Å²) >= 11 is 0. The highest BCUT2D eigenvalue weighted by Crippen LogP contribution is 2.39. The SMILES string of the molecule is Cc1cn(-c2ccc(/C=C/c3nc4n(n3)CCC[C@@]4(O)c3cc(F)cc(F)c3)nc2C)cn1.Cc1cn(-c2ccc(/C=C/c3nc4n(n3)CCC[C@]4(O)c3cc(F)cc(F)c3)nc2C)cn1. The third kappa shape index (κ3) is 8.84. The molecule has 2 aromatic carbocycles. The number of rotatable bonds is 8. The maximum atomic E-state index is 13.8. The summed E-state index contributed by atoms with van der Waals surface area (Å²) in [7, 11) is 0. The molecule has 18 heteroatoms. The fraction of sp³-hybridized carbons (Fsp3) is 0.250. The molecule has 2 atom stereocenters. The van der Waals surface area contributed by atoms with Gasteiger partial charge in [-0.1, -0.05) is 0 Å². The van der Waals surface area contributed by atoms with Gasteiger partial charge in [0.25, 0.3) is 0 Å². The van der Waals surface area contributed by atoms with Gasteiger partial charge < -0.3 is 19.3 Å². The highest BCUT2D eigenvalue weighted by molar-refractivity contribution is 5.66. The van der Waals surface area contributed by atoms with Crippen LogP contribution in [0.15, 0.2) is 85.7 Å². The summed E-state index contributed by atoms with van der Waals surface area (Å²) in [6.45, 7) is 8.83. The molecule has 336 valence electrons. The van der Waals surface area contributed by atoms with Crippen molar-refractivity contribution in [3.63, 3.8) is 0 Å². The minimum absolute atomic E-state index is 0.131. The number of fused-ring (bicyclic) bond motifs is 2. The van der Waals surface area contributed by atoms with E-state index in [1.165, 1.54) is 0 Å². The fourth-order valence-electron chi connectivity index (χ4n) is 8.41. The highest BCUT2D eigenvalue weighted by atomic mass is 19.1. The molecule has 8 heterocycles. The van der Waals surface area contributed by atoms with Crippen LogP contribution in [-0.2, 0) is 24.3 Å².